The van der Waals surface area contributed by atoms with Gasteiger partial charge in [0, 0.05) is 37.0 Å². The highest BCUT2D eigenvalue weighted by atomic mass is 16.5. The third-order valence-corrected chi connectivity index (χ3v) is 3.78. The maximum Gasteiger partial charge on any atom is 0.236 e. The number of likely N-dealkylation sites (tertiary alicyclic amines) is 1. The van der Waals surface area contributed by atoms with Gasteiger partial charge in [-0.15, -0.1) is 0 Å². The second kappa shape index (κ2) is 6.70. The van der Waals surface area contributed by atoms with Gasteiger partial charge in [0.25, 0.3) is 0 Å². The van der Waals surface area contributed by atoms with Crippen LogP contribution in [0.5, 0.6) is 5.75 Å². The molecule has 1 aromatic rings. The van der Waals surface area contributed by atoms with E-state index in [1.54, 1.807) is 7.11 Å². The zero-order valence-electron chi connectivity index (χ0n) is 12.5. The van der Waals surface area contributed by atoms with Crippen molar-refractivity contribution in [3.63, 3.8) is 0 Å². The molecule has 1 aliphatic heterocycles. The van der Waals surface area contributed by atoms with Crippen LogP contribution in [0.25, 0.3) is 0 Å². The Morgan fingerprint density at radius 1 is 1.40 bits per heavy atom. The summed E-state index contributed by atoms with van der Waals surface area (Å²) >= 11 is 0. The Morgan fingerprint density at radius 3 is 2.75 bits per heavy atom. The van der Waals surface area contributed by atoms with E-state index in [-0.39, 0.29) is 5.91 Å². The smallest absolute Gasteiger partial charge is 0.236 e. The molecule has 0 aliphatic carbocycles. The number of nitrogens with one attached hydrogen (secondary N) is 1. The molecule has 0 bridgehead atoms. The van der Waals surface area contributed by atoms with Crippen LogP contribution in [0.4, 0.5) is 0 Å². The SMILES string of the molecule is COc1c(C)cnc(CNCC(=O)N2CCCC2)c1C. The number of aryl methyl sites for hydroxylation is 1. The van der Waals surface area contributed by atoms with E-state index in [9.17, 15) is 4.79 Å². The van der Waals surface area contributed by atoms with Crippen molar-refractivity contribution < 1.29 is 9.53 Å². The molecule has 0 spiro atoms. The molecule has 1 fully saturated rings. The predicted molar refractivity (Wildman–Crippen MR) is 77.8 cm³/mol. The molecule has 5 heteroatoms. The summed E-state index contributed by atoms with van der Waals surface area (Å²) in [4.78, 5) is 18.2. The summed E-state index contributed by atoms with van der Waals surface area (Å²) in [6.07, 6.45) is 4.06. The van der Waals surface area contributed by atoms with Gasteiger partial charge in [0.05, 0.1) is 19.3 Å². The number of ether oxygens (including phenoxy) is 1. The molecule has 2 rings (SSSR count). The van der Waals surface area contributed by atoms with E-state index in [1.165, 1.54) is 0 Å². The summed E-state index contributed by atoms with van der Waals surface area (Å²) in [6.45, 7) is 6.73. The Balaban J connectivity index is 1.89. The van der Waals surface area contributed by atoms with Gasteiger partial charge in [-0.3, -0.25) is 9.78 Å². The topological polar surface area (TPSA) is 54.5 Å². The number of hydrogen-bond acceptors (Lipinski definition) is 4. The van der Waals surface area contributed by atoms with Crippen LogP contribution < -0.4 is 10.1 Å². The summed E-state index contributed by atoms with van der Waals surface area (Å²) in [6, 6.07) is 0. The monoisotopic (exact) mass is 277 g/mol. The molecular weight excluding hydrogens is 254 g/mol. The number of hydrogen-bond donors (Lipinski definition) is 1. The van der Waals surface area contributed by atoms with Gasteiger partial charge in [0.15, 0.2) is 0 Å². The summed E-state index contributed by atoms with van der Waals surface area (Å²) in [5.41, 5.74) is 3.00. The first-order valence-corrected chi connectivity index (χ1v) is 7.11. The zero-order chi connectivity index (χ0) is 14.5. The van der Waals surface area contributed by atoms with E-state index >= 15 is 0 Å². The maximum absolute atomic E-state index is 11.9. The van der Waals surface area contributed by atoms with Crippen LogP contribution in [0.1, 0.15) is 29.7 Å². The molecule has 1 saturated heterocycles. The molecule has 1 amide bonds. The van der Waals surface area contributed by atoms with E-state index in [2.05, 4.69) is 10.3 Å². The Kier molecular flexibility index (Phi) is 4.95. The first-order valence-electron chi connectivity index (χ1n) is 7.11. The van der Waals surface area contributed by atoms with Crippen LogP contribution in [0.2, 0.25) is 0 Å². The van der Waals surface area contributed by atoms with Crippen molar-refractivity contribution in [3.8, 4) is 5.75 Å². The molecule has 110 valence electrons. The standard InChI is InChI=1S/C15H23N3O2/c1-11-8-17-13(12(2)15(11)20-3)9-16-10-14(19)18-6-4-5-7-18/h8,16H,4-7,9-10H2,1-3H3. The lowest BCUT2D eigenvalue weighted by Crippen LogP contribution is -2.36. The molecule has 1 aromatic heterocycles. The van der Waals surface area contributed by atoms with Crippen molar-refractivity contribution in [2.45, 2.75) is 33.2 Å². The van der Waals surface area contributed by atoms with E-state index in [0.29, 0.717) is 13.1 Å². The fourth-order valence-corrected chi connectivity index (χ4v) is 2.62. The normalized spacial score (nSPS) is 14.7. The highest BCUT2D eigenvalue weighted by Crippen LogP contribution is 2.23. The Hall–Kier alpha value is -1.62. The number of methoxy groups -OCH3 is 1. The molecule has 0 atom stereocenters. The minimum atomic E-state index is 0.180. The fourth-order valence-electron chi connectivity index (χ4n) is 2.62. The molecule has 1 N–H and O–H groups in total. The molecular formula is C15H23N3O2. The highest BCUT2D eigenvalue weighted by Gasteiger charge is 2.17. The number of carbonyl (C=O) groups excluding carboxylic acids is 1. The summed E-state index contributed by atoms with van der Waals surface area (Å²) in [5.74, 6) is 1.06. The minimum absolute atomic E-state index is 0.180. The van der Waals surface area contributed by atoms with Gasteiger partial charge >= 0.3 is 0 Å². The Bertz CT molecular complexity index is 482. The summed E-state index contributed by atoms with van der Waals surface area (Å²) in [7, 11) is 1.67. The average molecular weight is 277 g/mol. The van der Waals surface area contributed by atoms with Crippen molar-refractivity contribution >= 4 is 5.91 Å². The van der Waals surface area contributed by atoms with Gasteiger partial charge < -0.3 is 15.0 Å². The van der Waals surface area contributed by atoms with Gasteiger partial charge in [-0.1, -0.05) is 0 Å². The van der Waals surface area contributed by atoms with Crippen LogP contribution in [-0.4, -0.2) is 42.5 Å². The number of amides is 1. The van der Waals surface area contributed by atoms with Crippen molar-refractivity contribution in [2.24, 2.45) is 0 Å². The van der Waals surface area contributed by atoms with Crippen molar-refractivity contribution in [3.05, 3.63) is 23.0 Å². The first-order chi connectivity index (χ1) is 9.63. The number of rotatable bonds is 5. The van der Waals surface area contributed by atoms with Gasteiger partial charge in [-0.05, 0) is 26.7 Å². The molecule has 2 heterocycles. The highest BCUT2D eigenvalue weighted by molar-refractivity contribution is 5.78. The van der Waals surface area contributed by atoms with Crippen LogP contribution in [0.15, 0.2) is 6.20 Å². The quantitative estimate of drug-likeness (QED) is 0.884. The van der Waals surface area contributed by atoms with Crippen molar-refractivity contribution in [1.82, 2.24) is 15.2 Å². The minimum Gasteiger partial charge on any atom is -0.496 e. The molecule has 0 radical (unpaired) electrons. The number of aromatic nitrogens is 1. The van der Waals surface area contributed by atoms with E-state index < -0.39 is 0 Å². The van der Waals surface area contributed by atoms with E-state index in [4.69, 9.17) is 4.74 Å². The molecule has 5 nitrogen and oxygen atoms in total. The molecule has 0 unspecified atom stereocenters. The maximum atomic E-state index is 11.9. The molecule has 0 saturated carbocycles. The zero-order valence-corrected chi connectivity index (χ0v) is 12.5. The summed E-state index contributed by atoms with van der Waals surface area (Å²) < 4.78 is 5.38. The van der Waals surface area contributed by atoms with Gasteiger partial charge in [-0.2, -0.15) is 0 Å². The van der Waals surface area contributed by atoms with Crippen LogP contribution >= 0.6 is 0 Å². The largest absolute Gasteiger partial charge is 0.496 e. The van der Waals surface area contributed by atoms with Crippen LogP contribution in [-0.2, 0) is 11.3 Å². The Labute approximate surface area is 120 Å². The number of carbonyl (C=O) groups is 1. The van der Waals surface area contributed by atoms with Crippen LogP contribution in [0, 0.1) is 13.8 Å². The lowest BCUT2D eigenvalue weighted by atomic mass is 10.1. The second-order valence-electron chi connectivity index (χ2n) is 5.24. The summed E-state index contributed by atoms with van der Waals surface area (Å²) in [5, 5.41) is 3.18. The Morgan fingerprint density at radius 2 is 2.10 bits per heavy atom. The average Bonchev–Trinajstić information content (AvgIpc) is 2.96. The fraction of sp³-hybridized carbons (Fsp3) is 0.600. The number of nitrogens with zero attached hydrogens (tertiary/aromatic N) is 2. The lowest BCUT2D eigenvalue weighted by Gasteiger charge is -2.16. The number of pyridine rings is 1. The van der Waals surface area contributed by atoms with E-state index in [1.807, 2.05) is 24.9 Å². The van der Waals surface area contributed by atoms with E-state index in [0.717, 1.165) is 48.5 Å². The predicted octanol–water partition coefficient (Wildman–Crippen LogP) is 1.42. The molecule has 0 aromatic carbocycles. The van der Waals surface area contributed by atoms with Gasteiger partial charge in [0.1, 0.15) is 5.75 Å². The van der Waals surface area contributed by atoms with Crippen LogP contribution in [0.3, 0.4) is 0 Å². The van der Waals surface area contributed by atoms with Crippen molar-refractivity contribution in [2.75, 3.05) is 26.7 Å². The second-order valence-corrected chi connectivity index (χ2v) is 5.24. The third-order valence-electron chi connectivity index (χ3n) is 3.78. The van der Waals surface area contributed by atoms with Gasteiger partial charge in [-0.25, -0.2) is 0 Å². The molecule has 20 heavy (non-hydrogen) atoms. The molecule has 1 aliphatic rings. The lowest BCUT2D eigenvalue weighted by molar-refractivity contribution is -0.129. The van der Waals surface area contributed by atoms with Crippen molar-refractivity contribution in [1.29, 1.82) is 0 Å². The third kappa shape index (κ3) is 3.28. The first kappa shape index (κ1) is 14.8. The van der Waals surface area contributed by atoms with Gasteiger partial charge in [0.2, 0.25) is 5.91 Å².